The van der Waals surface area contributed by atoms with E-state index in [4.69, 9.17) is 0 Å². The molecule has 0 unspecified atom stereocenters. The van der Waals surface area contributed by atoms with Gasteiger partial charge in [0.2, 0.25) is 0 Å². The largest absolute Gasteiger partial charge is 2.00 e. The van der Waals surface area contributed by atoms with Crippen molar-refractivity contribution < 1.29 is 19.5 Å². The first-order valence-corrected chi connectivity index (χ1v) is 13.9. The van der Waals surface area contributed by atoms with E-state index >= 15 is 0 Å². The fourth-order valence-corrected chi connectivity index (χ4v) is 8.27. The first kappa shape index (κ1) is 25.0. The molecule has 0 fully saturated rings. The van der Waals surface area contributed by atoms with E-state index < -0.39 is 0 Å². The van der Waals surface area contributed by atoms with E-state index in [-0.39, 0.29) is 35.3 Å². The van der Waals surface area contributed by atoms with Crippen LogP contribution in [-0.2, 0) is 19.5 Å². The molecule has 0 bridgehead atoms. The van der Waals surface area contributed by atoms with E-state index in [1.54, 1.807) is 0 Å². The van der Waals surface area contributed by atoms with Gasteiger partial charge in [0.1, 0.15) is 0 Å². The molecule has 1 nitrogen and oxygen atoms in total. The predicted molar refractivity (Wildman–Crippen MR) is 141 cm³/mol. The number of hydrogen-bond acceptors (Lipinski definition) is 1. The molecule has 0 aliphatic heterocycles. The van der Waals surface area contributed by atoms with Gasteiger partial charge < -0.3 is 5.32 Å². The molecule has 0 atom stereocenters. The van der Waals surface area contributed by atoms with Crippen molar-refractivity contribution in [2.24, 2.45) is 0 Å². The van der Waals surface area contributed by atoms with Crippen molar-refractivity contribution in [2.75, 3.05) is 25.4 Å². The fourth-order valence-electron chi connectivity index (χ4n) is 3.75. The molecule has 4 rings (SSSR count). The minimum absolute atomic E-state index is 0. The van der Waals surface area contributed by atoms with Crippen LogP contribution >= 0.6 is 15.8 Å². The van der Waals surface area contributed by atoms with Gasteiger partial charge in [0.05, 0.1) is 0 Å². The van der Waals surface area contributed by atoms with E-state index in [1.165, 1.54) is 21.2 Å². The third-order valence-corrected chi connectivity index (χ3v) is 10.3. The summed E-state index contributed by atoms with van der Waals surface area (Å²) in [5.41, 5.74) is 0. The Bertz CT molecular complexity index is 850. The van der Waals surface area contributed by atoms with Gasteiger partial charge in [0.25, 0.3) is 0 Å². The minimum atomic E-state index is -0.328. The minimum Gasteiger partial charge on any atom is -0.316 e. The molecule has 0 aromatic heterocycles. The Balaban J connectivity index is 0.00000289. The van der Waals surface area contributed by atoms with Gasteiger partial charge in [-0.3, -0.25) is 0 Å². The Morgan fingerprint density at radius 3 is 0.906 bits per heavy atom. The number of benzene rings is 4. The number of hydrogen-bond donors (Lipinski definition) is 1. The third-order valence-electron chi connectivity index (χ3n) is 5.30. The van der Waals surface area contributed by atoms with Crippen LogP contribution in [0.15, 0.2) is 121 Å². The van der Waals surface area contributed by atoms with Crippen LogP contribution in [0.5, 0.6) is 0 Å². The van der Waals surface area contributed by atoms with Gasteiger partial charge >= 0.3 is 19.5 Å². The Labute approximate surface area is 207 Å². The standard InChI is InChI=1S/C28H29NP2.Ru/c1-5-13-25(14-6-1)30(26-15-7-2-8-16-26)23-21-29-22-24-31(27-17-9-3-10-18-27)28-19-11-4-12-20-28;/h1-20,29H,21-24H2;/q;+2. The molecule has 0 aliphatic carbocycles. The molecule has 0 amide bonds. The summed E-state index contributed by atoms with van der Waals surface area (Å²) in [5, 5.41) is 9.60. The summed E-state index contributed by atoms with van der Waals surface area (Å²) in [5.74, 6) is 0. The summed E-state index contributed by atoms with van der Waals surface area (Å²) in [6, 6.07) is 44.0. The monoisotopic (exact) mass is 543 g/mol. The summed E-state index contributed by atoms with van der Waals surface area (Å²) < 4.78 is 0. The van der Waals surface area contributed by atoms with Gasteiger partial charge in [0.15, 0.2) is 0 Å². The van der Waals surface area contributed by atoms with E-state index in [0.29, 0.717) is 0 Å². The van der Waals surface area contributed by atoms with Crippen LogP contribution in [0.1, 0.15) is 0 Å². The van der Waals surface area contributed by atoms with Gasteiger partial charge in [-0.25, -0.2) is 0 Å². The Kier molecular flexibility index (Phi) is 10.7. The van der Waals surface area contributed by atoms with Crippen molar-refractivity contribution >= 4 is 37.1 Å². The third kappa shape index (κ3) is 7.17. The maximum atomic E-state index is 3.76. The zero-order chi connectivity index (χ0) is 21.1. The van der Waals surface area contributed by atoms with Crippen LogP contribution in [0.4, 0.5) is 0 Å². The van der Waals surface area contributed by atoms with Gasteiger partial charge in [-0.05, 0) is 62.5 Å². The maximum Gasteiger partial charge on any atom is 2.00 e. The number of nitrogens with one attached hydrogen (secondary N) is 1. The molecule has 0 saturated heterocycles. The summed E-state index contributed by atoms with van der Waals surface area (Å²) in [6.07, 6.45) is 2.33. The Hall–Kier alpha value is -1.68. The molecular weight excluding hydrogens is 513 g/mol. The maximum absolute atomic E-state index is 3.76. The van der Waals surface area contributed by atoms with Gasteiger partial charge in [-0.15, -0.1) is 0 Å². The van der Waals surface area contributed by atoms with Crippen LogP contribution < -0.4 is 26.5 Å². The Morgan fingerprint density at radius 1 is 0.406 bits per heavy atom. The van der Waals surface area contributed by atoms with Gasteiger partial charge in [-0.1, -0.05) is 121 Å². The summed E-state index contributed by atoms with van der Waals surface area (Å²) >= 11 is 0. The molecule has 162 valence electrons. The second-order valence-electron chi connectivity index (χ2n) is 7.40. The zero-order valence-corrected chi connectivity index (χ0v) is 21.7. The molecule has 32 heavy (non-hydrogen) atoms. The molecule has 4 aromatic carbocycles. The average molecular weight is 543 g/mol. The quantitative estimate of drug-likeness (QED) is 0.172. The molecule has 1 N–H and O–H groups in total. The van der Waals surface area contributed by atoms with E-state index in [2.05, 4.69) is 127 Å². The second-order valence-corrected chi connectivity index (χ2v) is 12.1. The molecule has 4 heteroatoms. The molecule has 0 aliphatic rings. The average Bonchev–Trinajstić information content (AvgIpc) is 2.86. The summed E-state index contributed by atoms with van der Waals surface area (Å²) in [4.78, 5) is 0. The smallest absolute Gasteiger partial charge is 0.316 e. The molecule has 4 aromatic rings. The van der Waals surface area contributed by atoms with Crippen molar-refractivity contribution in [3.63, 3.8) is 0 Å². The van der Waals surface area contributed by atoms with Crippen LogP contribution in [0.2, 0.25) is 0 Å². The SMILES string of the molecule is [Ru+2].c1ccc(P(CCNCCP(c2ccccc2)c2ccccc2)c2ccccc2)cc1. The van der Waals surface area contributed by atoms with Crippen molar-refractivity contribution in [2.45, 2.75) is 0 Å². The molecule has 0 radical (unpaired) electrons. The van der Waals surface area contributed by atoms with Crippen molar-refractivity contribution in [1.29, 1.82) is 0 Å². The first-order valence-electron chi connectivity index (χ1n) is 10.9. The van der Waals surface area contributed by atoms with Crippen molar-refractivity contribution in [3.8, 4) is 0 Å². The van der Waals surface area contributed by atoms with Crippen LogP contribution in [-0.4, -0.2) is 25.4 Å². The van der Waals surface area contributed by atoms with E-state index in [0.717, 1.165) is 25.4 Å². The van der Waals surface area contributed by atoms with Gasteiger partial charge in [-0.2, -0.15) is 0 Å². The first-order chi connectivity index (χ1) is 15.4. The summed E-state index contributed by atoms with van der Waals surface area (Å²) in [7, 11) is -0.655. The second kappa shape index (κ2) is 13.8. The predicted octanol–water partition coefficient (Wildman–Crippen LogP) is 4.84. The van der Waals surface area contributed by atoms with Crippen LogP contribution in [0.3, 0.4) is 0 Å². The summed E-state index contributed by atoms with van der Waals surface area (Å²) in [6.45, 7) is 2.09. The molecular formula is C28H29NP2Ru+2. The van der Waals surface area contributed by atoms with E-state index in [9.17, 15) is 0 Å². The molecule has 0 heterocycles. The number of rotatable bonds is 10. The Morgan fingerprint density at radius 2 is 0.656 bits per heavy atom. The van der Waals surface area contributed by atoms with Crippen LogP contribution in [0.25, 0.3) is 0 Å². The normalized spacial score (nSPS) is 10.8. The molecule has 0 spiro atoms. The fraction of sp³-hybridized carbons (Fsp3) is 0.143. The molecule has 0 saturated carbocycles. The van der Waals surface area contributed by atoms with Gasteiger partial charge in [0, 0.05) is 0 Å². The van der Waals surface area contributed by atoms with Crippen molar-refractivity contribution in [3.05, 3.63) is 121 Å². The topological polar surface area (TPSA) is 12.0 Å². The van der Waals surface area contributed by atoms with Crippen LogP contribution in [0, 0.1) is 0 Å². The van der Waals surface area contributed by atoms with Crippen molar-refractivity contribution in [1.82, 2.24) is 5.32 Å². The zero-order valence-electron chi connectivity index (χ0n) is 18.1. The van der Waals surface area contributed by atoms with E-state index in [1.807, 2.05) is 0 Å².